The highest BCUT2D eigenvalue weighted by atomic mass is 79.9. The Morgan fingerprint density at radius 2 is 1.95 bits per heavy atom. The summed E-state index contributed by atoms with van der Waals surface area (Å²) in [7, 11) is 0. The van der Waals surface area contributed by atoms with E-state index in [0.717, 1.165) is 10.0 Å². The van der Waals surface area contributed by atoms with Crippen LogP contribution >= 0.6 is 15.9 Å². The van der Waals surface area contributed by atoms with Gasteiger partial charge in [-0.05, 0) is 30.0 Å². The van der Waals surface area contributed by atoms with E-state index in [1.54, 1.807) is 11.8 Å². The van der Waals surface area contributed by atoms with E-state index < -0.39 is 12.1 Å². The first-order chi connectivity index (χ1) is 9.70. The van der Waals surface area contributed by atoms with Crippen molar-refractivity contribution in [2.75, 3.05) is 0 Å². The van der Waals surface area contributed by atoms with Crippen LogP contribution < -0.4 is 5.32 Å². The van der Waals surface area contributed by atoms with Gasteiger partial charge in [-0.2, -0.15) is 0 Å². The maximum absolute atomic E-state index is 12.7. The predicted molar refractivity (Wildman–Crippen MR) is 85.5 cm³/mol. The minimum absolute atomic E-state index is 0.0189. The Morgan fingerprint density at radius 1 is 1.29 bits per heavy atom. The van der Waals surface area contributed by atoms with Gasteiger partial charge in [-0.1, -0.05) is 48.8 Å². The van der Waals surface area contributed by atoms with Crippen molar-refractivity contribution in [3.63, 3.8) is 0 Å². The molecule has 0 radical (unpaired) electrons. The molecule has 5 heteroatoms. The first kappa shape index (κ1) is 16.0. The average Bonchev–Trinajstić information content (AvgIpc) is 2.37. The number of nitrogens with zero attached hydrogens (tertiary/aromatic N) is 1. The maximum atomic E-state index is 12.7. The number of carbonyl (C=O) groups excluding carboxylic acids is 2. The molecule has 0 spiro atoms. The fraction of sp³-hybridized carbons (Fsp3) is 0.500. The Bertz CT molecular complexity index is 566. The number of nitrogens with one attached hydrogen (secondary N) is 1. The van der Waals surface area contributed by atoms with Crippen molar-refractivity contribution in [3.8, 4) is 0 Å². The summed E-state index contributed by atoms with van der Waals surface area (Å²) in [4.78, 5) is 26.5. The maximum Gasteiger partial charge on any atom is 0.246 e. The molecule has 0 bridgehead atoms. The summed E-state index contributed by atoms with van der Waals surface area (Å²) in [6, 6.07) is 6.88. The summed E-state index contributed by atoms with van der Waals surface area (Å²) in [5.74, 6) is -0.112. The van der Waals surface area contributed by atoms with Gasteiger partial charge < -0.3 is 10.2 Å². The van der Waals surface area contributed by atoms with Crippen molar-refractivity contribution in [1.29, 1.82) is 0 Å². The molecule has 1 aliphatic heterocycles. The van der Waals surface area contributed by atoms with Crippen LogP contribution in [0.25, 0.3) is 0 Å². The van der Waals surface area contributed by atoms with Crippen LogP contribution in [0.2, 0.25) is 0 Å². The normalized spacial score (nSPS) is 23.2. The summed E-state index contributed by atoms with van der Waals surface area (Å²) in [6.07, 6.45) is 0. The van der Waals surface area contributed by atoms with Crippen LogP contribution in [0.5, 0.6) is 0 Å². The predicted octanol–water partition coefficient (Wildman–Crippen LogP) is 2.71. The van der Waals surface area contributed by atoms with E-state index in [-0.39, 0.29) is 17.2 Å². The Labute approximate surface area is 134 Å². The minimum Gasteiger partial charge on any atom is -0.342 e. The fourth-order valence-corrected chi connectivity index (χ4v) is 2.90. The number of benzene rings is 1. The minimum atomic E-state index is -0.478. The topological polar surface area (TPSA) is 49.4 Å². The van der Waals surface area contributed by atoms with Gasteiger partial charge in [0.2, 0.25) is 11.8 Å². The van der Waals surface area contributed by atoms with Crippen molar-refractivity contribution in [2.24, 2.45) is 5.41 Å². The third-order valence-electron chi connectivity index (χ3n) is 3.77. The number of hydrogen-bond donors (Lipinski definition) is 1. The van der Waals surface area contributed by atoms with Gasteiger partial charge in [-0.15, -0.1) is 0 Å². The number of hydrogen-bond acceptors (Lipinski definition) is 2. The second kappa shape index (κ2) is 5.79. The Hall–Kier alpha value is -1.36. The Balaban J connectivity index is 2.27. The summed E-state index contributed by atoms with van der Waals surface area (Å²) in [5.41, 5.74) is 0.703. The highest BCUT2D eigenvalue weighted by Crippen LogP contribution is 2.26. The van der Waals surface area contributed by atoms with Crippen LogP contribution in [0.4, 0.5) is 0 Å². The summed E-state index contributed by atoms with van der Waals surface area (Å²) < 4.78 is 0.967. The van der Waals surface area contributed by atoms with Crippen molar-refractivity contribution in [1.82, 2.24) is 10.2 Å². The molecule has 0 saturated carbocycles. The summed E-state index contributed by atoms with van der Waals surface area (Å²) in [5, 5.41) is 2.84. The lowest BCUT2D eigenvalue weighted by molar-refractivity contribution is -0.152. The van der Waals surface area contributed by atoms with Gasteiger partial charge in [-0.25, -0.2) is 0 Å². The van der Waals surface area contributed by atoms with E-state index in [0.29, 0.717) is 6.54 Å². The highest BCUT2D eigenvalue weighted by molar-refractivity contribution is 9.10. The molecule has 2 amide bonds. The van der Waals surface area contributed by atoms with E-state index in [4.69, 9.17) is 0 Å². The highest BCUT2D eigenvalue weighted by Gasteiger charge is 2.43. The quantitative estimate of drug-likeness (QED) is 0.889. The van der Waals surface area contributed by atoms with Crippen LogP contribution in [0.1, 0.15) is 33.3 Å². The van der Waals surface area contributed by atoms with Gasteiger partial charge >= 0.3 is 0 Å². The molecular formula is C16H21BrN2O2. The largest absolute Gasteiger partial charge is 0.342 e. The average molecular weight is 353 g/mol. The van der Waals surface area contributed by atoms with Crippen LogP contribution in [0.3, 0.4) is 0 Å². The number of carbonyl (C=O) groups is 2. The fourth-order valence-electron chi connectivity index (χ4n) is 2.46. The van der Waals surface area contributed by atoms with Crippen molar-refractivity contribution in [3.05, 3.63) is 34.3 Å². The number of halogens is 1. The molecule has 1 fully saturated rings. The molecule has 0 aromatic heterocycles. The number of piperazine rings is 1. The second-order valence-corrected chi connectivity index (χ2v) is 7.50. The third kappa shape index (κ3) is 3.46. The summed E-state index contributed by atoms with van der Waals surface area (Å²) >= 11 is 3.43. The van der Waals surface area contributed by atoms with Crippen LogP contribution in [-0.2, 0) is 16.1 Å². The van der Waals surface area contributed by atoms with E-state index in [1.165, 1.54) is 0 Å². The smallest absolute Gasteiger partial charge is 0.246 e. The molecule has 1 saturated heterocycles. The van der Waals surface area contributed by atoms with E-state index in [1.807, 2.05) is 45.0 Å². The molecule has 1 N–H and O–H groups in total. The molecule has 1 aliphatic rings. The lowest BCUT2D eigenvalue weighted by Crippen LogP contribution is -2.65. The molecule has 1 heterocycles. The number of rotatable bonds is 2. The van der Waals surface area contributed by atoms with Gasteiger partial charge in [0.15, 0.2) is 0 Å². The third-order valence-corrected chi connectivity index (χ3v) is 4.26. The standard InChI is InChI=1S/C16H21BrN2O2/c1-10-14(20)18-13(16(2,3)4)15(21)19(10)9-11-6-5-7-12(17)8-11/h5-8,10,13H,9H2,1-4H3,(H,18,20). The molecular weight excluding hydrogens is 332 g/mol. The SMILES string of the molecule is CC1C(=O)NC(C(C)(C)C)C(=O)N1Cc1cccc(Br)c1. The Morgan fingerprint density at radius 3 is 2.52 bits per heavy atom. The molecule has 2 atom stereocenters. The van der Waals surface area contributed by atoms with Gasteiger partial charge in [0.05, 0.1) is 0 Å². The number of amides is 2. The molecule has 4 nitrogen and oxygen atoms in total. The second-order valence-electron chi connectivity index (χ2n) is 6.58. The van der Waals surface area contributed by atoms with E-state index >= 15 is 0 Å². The van der Waals surface area contributed by atoms with E-state index in [9.17, 15) is 9.59 Å². The molecule has 1 aromatic carbocycles. The van der Waals surface area contributed by atoms with Crippen molar-refractivity contribution < 1.29 is 9.59 Å². The van der Waals surface area contributed by atoms with Crippen LogP contribution in [0, 0.1) is 5.41 Å². The monoisotopic (exact) mass is 352 g/mol. The first-order valence-corrected chi connectivity index (χ1v) is 7.85. The van der Waals surface area contributed by atoms with Gasteiger partial charge in [0.1, 0.15) is 12.1 Å². The zero-order valence-corrected chi connectivity index (χ0v) is 14.4. The molecule has 1 aromatic rings. The first-order valence-electron chi connectivity index (χ1n) is 7.05. The van der Waals surface area contributed by atoms with E-state index in [2.05, 4.69) is 21.2 Å². The summed E-state index contributed by atoms with van der Waals surface area (Å²) in [6.45, 7) is 8.10. The van der Waals surface area contributed by atoms with Crippen LogP contribution in [0.15, 0.2) is 28.7 Å². The zero-order chi connectivity index (χ0) is 15.8. The van der Waals surface area contributed by atoms with Gasteiger partial charge in [0, 0.05) is 11.0 Å². The molecule has 114 valence electrons. The lowest BCUT2D eigenvalue weighted by atomic mass is 9.84. The van der Waals surface area contributed by atoms with Crippen molar-refractivity contribution in [2.45, 2.75) is 46.3 Å². The molecule has 21 heavy (non-hydrogen) atoms. The molecule has 2 unspecified atom stereocenters. The molecule has 0 aliphatic carbocycles. The zero-order valence-electron chi connectivity index (χ0n) is 12.8. The van der Waals surface area contributed by atoms with Crippen LogP contribution in [-0.4, -0.2) is 28.8 Å². The van der Waals surface area contributed by atoms with Gasteiger partial charge in [0.25, 0.3) is 0 Å². The lowest BCUT2D eigenvalue weighted by Gasteiger charge is -2.42. The Kier molecular flexibility index (Phi) is 4.42. The molecule has 2 rings (SSSR count). The van der Waals surface area contributed by atoms with Gasteiger partial charge in [-0.3, -0.25) is 9.59 Å². The van der Waals surface area contributed by atoms with Crippen molar-refractivity contribution >= 4 is 27.7 Å².